The standard InChI is InChI=1S/C21H21N5O/c1-3-14-4-7-17(8-5-14)26-13-16(11-24-26)15-6-9-19-18(10-15)20(12-23-19)25-21(27)22-2/h4-13,23H,3H2,1-2H3,(H2,22,25,27). The molecule has 4 aromatic rings. The number of amides is 2. The molecule has 4 rings (SSSR count). The van der Waals surface area contributed by atoms with E-state index in [4.69, 9.17) is 0 Å². The third kappa shape index (κ3) is 3.29. The topological polar surface area (TPSA) is 74.7 Å². The summed E-state index contributed by atoms with van der Waals surface area (Å²) in [6, 6.07) is 14.3. The maximum absolute atomic E-state index is 11.6. The lowest BCUT2D eigenvalue weighted by molar-refractivity contribution is 0.254. The summed E-state index contributed by atoms with van der Waals surface area (Å²) in [6.07, 6.45) is 6.68. The van der Waals surface area contributed by atoms with Crippen molar-refractivity contribution in [1.82, 2.24) is 20.1 Å². The Bertz CT molecular complexity index is 1090. The van der Waals surface area contributed by atoms with Crippen molar-refractivity contribution in [2.45, 2.75) is 13.3 Å². The number of aromatic nitrogens is 3. The molecular formula is C21H21N5O. The Hall–Kier alpha value is -3.54. The Kier molecular flexibility index (Phi) is 4.38. The van der Waals surface area contributed by atoms with Crippen molar-refractivity contribution in [2.24, 2.45) is 0 Å². The van der Waals surface area contributed by atoms with Gasteiger partial charge in [0.05, 0.1) is 17.6 Å². The number of H-pyrrole nitrogens is 1. The predicted octanol–water partition coefficient (Wildman–Crippen LogP) is 4.33. The second-order valence-corrected chi connectivity index (χ2v) is 6.36. The molecule has 0 saturated carbocycles. The van der Waals surface area contributed by atoms with Gasteiger partial charge in [0.15, 0.2) is 0 Å². The molecule has 2 heterocycles. The summed E-state index contributed by atoms with van der Waals surface area (Å²) < 4.78 is 1.87. The predicted molar refractivity (Wildman–Crippen MR) is 108 cm³/mol. The number of aromatic amines is 1. The molecule has 0 aliphatic carbocycles. The molecule has 0 bridgehead atoms. The second-order valence-electron chi connectivity index (χ2n) is 6.36. The Labute approximate surface area is 157 Å². The van der Waals surface area contributed by atoms with Crippen molar-refractivity contribution in [3.63, 3.8) is 0 Å². The van der Waals surface area contributed by atoms with E-state index in [0.717, 1.165) is 39.8 Å². The highest BCUT2D eigenvalue weighted by Gasteiger charge is 2.09. The number of nitrogens with one attached hydrogen (secondary N) is 3. The third-order valence-corrected chi connectivity index (χ3v) is 4.68. The van der Waals surface area contributed by atoms with Crippen molar-refractivity contribution >= 4 is 22.6 Å². The fourth-order valence-electron chi connectivity index (χ4n) is 3.09. The first-order valence-electron chi connectivity index (χ1n) is 8.92. The first-order chi connectivity index (χ1) is 13.2. The van der Waals surface area contributed by atoms with E-state index in [-0.39, 0.29) is 6.03 Å². The van der Waals surface area contributed by atoms with E-state index in [0.29, 0.717) is 0 Å². The van der Waals surface area contributed by atoms with E-state index >= 15 is 0 Å². The number of carbonyl (C=O) groups excluding carboxylic acids is 1. The number of hydrogen-bond donors (Lipinski definition) is 3. The second kappa shape index (κ2) is 6.99. The largest absolute Gasteiger partial charge is 0.359 e. The van der Waals surface area contributed by atoms with Crippen LogP contribution in [0.4, 0.5) is 10.5 Å². The lowest BCUT2D eigenvalue weighted by Crippen LogP contribution is -2.24. The molecule has 0 spiro atoms. The molecule has 3 N–H and O–H groups in total. The number of nitrogens with zero attached hydrogens (tertiary/aromatic N) is 2. The molecule has 0 aliphatic heterocycles. The highest BCUT2D eigenvalue weighted by molar-refractivity contribution is 6.02. The summed E-state index contributed by atoms with van der Waals surface area (Å²) in [7, 11) is 1.59. The van der Waals surface area contributed by atoms with E-state index < -0.39 is 0 Å². The van der Waals surface area contributed by atoms with Gasteiger partial charge in [0.1, 0.15) is 0 Å². The molecule has 0 atom stereocenters. The van der Waals surface area contributed by atoms with Crippen LogP contribution < -0.4 is 10.6 Å². The molecule has 0 fully saturated rings. The monoisotopic (exact) mass is 359 g/mol. The van der Waals surface area contributed by atoms with Crippen LogP contribution in [0.15, 0.2) is 61.1 Å². The molecule has 0 saturated heterocycles. The Balaban J connectivity index is 1.67. The van der Waals surface area contributed by atoms with E-state index in [2.05, 4.69) is 58.0 Å². The van der Waals surface area contributed by atoms with Crippen molar-refractivity contribution in [3.8, 4) is 16.8 Å². The molecule has 0 aliphatic rings. The van der Waals surface area contributed by atoms with Gasteiger partial charge in [-0.1, -0.05) is 25.1 Å². The molecule has 136 valence electrons. The molecule has 2 aromatic heterocycles. The Morgan fingerprint density at radius 3 is 2.70 bits per heavy atom. The van der Waals surface area contributed by atoms with E-state index in [1.54, 1.807) is 13.2 Å². The first kappa shape index (κ1) is 16.9. The van der Waals surface area contributed by atoms with Gasteiger partial charge < -0.3 is 15.6 Å². The van der Waals surface area contributed by atoms with Gasteiger partial charge in [-0.2, -0.15) is 5.10 Å². The van der Waals surface area contributed by atoms with Crippen molar-refractivity contribution in [3.05, 3.63) is 66.6 Å². The molecule has 0 unspecified atom stereocenters. The summed E-state index contributed by atoms with van der Waals surface area (Å²) in [6.45, 7) is 2.14. The van der Waals surface area contributed by atoms with Crippen LogP contribution in [-0.4, -0.2) is 27.8 Å². The Morgan fingerprint density at radius 2 is 1.96 bits per heavy atom. The molecule has 2 amide bonds. The summed E-state index contributed by atoms with van der Waals surface area (Å²) in [5.74, 6) is 0. The number of carbonyl (C=O) groups is 1. The number of fused-ring (bicyclic) bond motifs is 1. The minimum Gasteiger partial charge on any atom is -0.359 e. The van der Waals surface area contributed by atoms with Gasteiger partial charge in [-0.3, -0.25) is 0 Å². The third-order valence-electron chi connectivity index (χ3n) is 4.68. The number of rotatable bonds is 4. The number of aryl methyl sites for hydroxylation is 1. The fraction of sp³-hybridized carbons (Fsp3) is 0.143. The van der Waals surface area contributed by atoms with Crippen LogP contribution in [0.25, 0.3) is 27.7 Å². The van der Waals surface area contributed by atoms with Crippen LogP contribution in [0.3, 0.4) is 0 Å². The van der Waals surface area contributed by atoms with Gasteiger partial charge in [-0.05, 0) is 41.8 Å². The molecule has 0 radical (unpaired) electrons. The van der Waals surface area contributed by atoms with Gasteiger partial charge in [-0.25, -0.2) is 9.48 Å². The van der Waals surface area contributed by atoms with Crippen LogP contribution in [0.5, 0.6) is 0 Å². The van der Waals surface area contributed by atoms with Crippen LogP contribution >= 0.6 is 0 Å². The lowest BCUT2D eigenvalue weighted by Gasteiger charge is -2.04. The zero-order valence-electron chi connectivity index (χ0n) is 15.3. The van der Waals surface area contributed by atoms with Crippen LogP contribution in [0.1, 0.15) is 12.5 Å². The maximum atomic E-state index is 11.6. The normalized spacial score (nSPS) is 10.9. The smallest absolute Gasteiger partial charge is 0.319 e. The van der Waals surface area contributed by atoms with Crippen molar-refractivity contribution < 1.29 is 4.79 Å². The number of hydrogen-bond acceptors (Lipinski definition) is 2. The first-order valence-corrected chi connectivity index (χ1v) is 8.92. The minimum atomic E-state index is -0.246. The Morgan fingerprint density at radius 1 is 1.15 bits per heavy atom. The summed E-state index contributed by atoms with van der Waals surface area (Å²) >= 11 is 0. The minimum absolute atomic E-state index is 0.246. The van der Waals surface area contributed by atoms with Crippen molar-refractivity contribution in [2.75, 3.05) is 12.4 Å². The van der Waals surface area contributed by atoms with Crippen molar-refractivity contribution in [1.29, 1.82) is 0 Å². The van der Waals surface area contributed by atoms with Crippen LogP contribution in [-0.2, 0) is 6.42 Å². The van der Waals surface area contributed by atoms with E-state index in [1.165, 1.54) is 5.56 Å². The molecule has 6 nitrogen and oxygen atoms in total. The summed E-state index contributed by atoms with van der Waals surface area (Å²) in [5.41, 5.74) is 6.10. The van der Waals surface area contributed by atoms with Crippen LogP contribution in [0, 0.1) is 0 Å². The maximum Gasteiger partial charge on any atom is 0.319 e. The summed E-state index contributed by atoms with van der Waals surface area (Å²) in [5, 5.41) is 10.9. The SMILES string of the molecule is CCc1ccc(-n2cc(-c3ccc4[nH]cc(NC(=O)NC)c4c3)cn2)cc1. The highest BCUT2D eigenvalue weighted by atomic mass is 16.2. The van der Waals surface area contributed by atoms with E-state index in [9.17, 15) is 4.79 Å². The zero-order chi connectivity index (χ0) is 18.8. The van der Waals surface area contributed by atoms with Gasteiger partial charge in [0, 0.05) is 35.9 Å². The quantitative estimate of drug-likeness (QED) is 0.507. The van der Waals surface area contributed by atoms with Gasteiger partial charge in [-0.15, -0.1) is 0 Å². The molecule has 2 aromatic carbocycles. The fourth-order valence-corrected chi connectivity index (χ4v) is 3.09. The highest BCUT2D eigenvalue weighted by Crippen LogP contribution is 2.29. The van der Waals surface area contributed by atoms with E-state index in [1.807, 2.05) is 29.2 Å². The molecule has 27 heavy (non-hydrogen) atoms. The van der Waals surface area contributed by atoms with Gasteiger partial charge >= 0.3 is 6.03 Å². The van der Waals surface area contributed by atoms with Crippen LogP contribution in [0.2, 0.25) is 0 Å². The van der Waals surface area contributed by atoms with Gasteiger partial charge in [0.25, 0.3) is 0 Å². The molecular weight excluding hydrogens is 338 g/mol. The number of urea groups is 1. The van der Waals surface area contributed by atoms with Gasteiger partial charge in [0.2, 0.25) is 0 Å². The summed E-state index contributed by atoms with van der Waals surface area (Å²) in [4.78, 5) is 14.8. The average Bonchev–Trinajstić information content (AvgIpc) is 3.35. The number of benzene rings is 2. The number of anilines is 1. The zero-order valence-corrected chi connectivity index (χ0v) is 15.3. The lowest BCUT2D eigenvalue weighted by atomic mass is 10.1. The average molecular weight is 359 g/mol. The molecule has 6 heteroatoms.